The van der Waals surface area contributed by atoms with Crippen molar-refractivity contribution in [1.29, 1.82) is 0 Å². The highest BCUT2D eigenvalue weighted by Crippen LogP contribution is 2.18. The molecule has 0 spiro atoms. The fourth-order valence-electron chi connectivity index (χ4n) is 2.14. The maximum absolute atomic E-state index is 11.8. The van der Waals surface area contributed by atoms with Crippen molar-refractivity contribution in [2.45, 2.75) is 13.8 Å². The molecule has 2 aromatic rings. The highest BCUT2D eigenvalue weighted by atomic mass is 16.5. The minimum atomic E-state index is -0.402. The molecule has 2 rings (SSSR count). The van der Waals surface area contributed by atoms with Crippen molar-refractivity contribution in [3.63, 3.8) is 0 Å². The van der Waals surface area contributed by atoms with Gasteiger partial charge in [-0.05, 0) is 43.2 Å². The summed E-state index contributed by atoms with van der Waals surface area (Å²) < 4.78 is 10.1. The fourth-order valence-corrected chi connectivity index (χ4v) is 2.14. The van der Waals surface area contributed by atoms with Crippen LogP contribution in [0.1, 0.15) is 27.0 Å². The Labute approximate surface area is 146 Å². The number of nitrogens with one attached hydrogen (secondary N) is 1. The third kappa shape index (κ3) is 5.46. The third-order valence-corrected chi connectivity index (χ3v) is 3.42. The number of hydrogen-bond acceptors (Lipinski definition) is 5. The Bertz CT molecular complexity index is 783. The largest absolute Gasteiger partial charge is 0.483 e. The van der Waals surface area contributed by atoms with E-state index in [9.17, 15) is 9.59 Å². The summed E-state index contributed by atoms with van der Waals surface area (Å²) in [5.41, 5.74) is 5.69. The van der Waals surface area contributed by atoms with Gasteiger partial charge in [0.25, 0.3) is 5.91 Å². The number of amides is 1. The molecule has 0 aliphatic carbocycles. The molecule has 0 bridgehead atoms. The van der Waals surface area contributed by atoms with Gasteiger partial charge in [0, 0.05) is 0 Å². The van der Waals surface area contributed by atoms with Gasteiger partial charge < -0.3 is 9.47 Å². The second-order valence-electron chi connectivity index (χ2n) is 5.46. The van der Waals surface area contributed by atoms with E-state index in [1.165, 1.54) is 13.3 Å². The first-order chi connectivity index (χ1) is 12.0. The van der Waals surface area contributed by atoms with Crippen molar-refractivity contribution in [2.24, 2.45) is 5.10 Å². The summed E-state index contributed by atoms with van der Waals surface area (Å²) in [6.07, 6.45) is 1.48. The molecule has 0 heterocycles. The molecular weight excluding hydrogens is 320 g/mol. The average molecular weight is 340 g/mol. The lowest BCUT2D eigenvalue weighted by atomic mass is 10.1. The fraction of sp³-hybridized carbons (Fsp3) is 0.211. The number of carbonyl (C=O) groups excluding carboxylic acids is 2. The van der Waals surface area contributed by atoms with Gasteiger partial charge in [0.1, 0.15) is 5.75 Å². The number of benzene rings is 2. The van der Waals surface area contributed by atoms with Crippen LogP contribution in [0.5, 0.6) is 5.75 Å². The second kappa shape index (κ2) is 8.63. The number of hydrazone groups is 1. The Kier molecular flexibility index (Phi) is 6.28. The van der Waals surface area contributed by atoms with Gasteiger partial charge >= 0.3 is 5.97 Å². The normalized spacial score (nSPS) is 10.5. The minimum Gasteiger partial charge on any atom is -0.483 e. The van der Waals surface area contributed by atoms with Crippen molar-refractivity contribution in [3.8, 4) is 5.75 Å². The van der Waals surface area contributed by atoms with E-state index in [1.54, 1.807) is 24.3 Å². The van der Waals surface area contributed by atoms with E-state index >= 15 is 0 Å². The van der Waals surface area contributed by atoms with Gasteiger partial charge in [0.05, 0.1) is 18.9 Å². The first-order valence-corrected chi connectivity index (χ1v) is 7.70. The van der Waals surface area contributed by atoms with Crippen molar-refractivity contribution in [3.05, 3.63) is 64.7 Å². The first kappa shape index (κ1) is 18.2. The summed E-state index contributed by atoms with van der Waals surface area (Å²) in [5, 5.41) is 3.86. The van der Waals surface area contributed by atoms with Gasteiger partial charge in [-0.15, -0.1) is 0 Å². The van der Waals surface area contributed by atoms with Crippen molar-refractivity contribution in [1.82, 2.24) is 5.43 Å². The Morgan fingerprint density at radius 1 is 1.12 bits per heavy atom. The summed E-state index contributed by atoms with van der Waals surface area (Å²) in [6, 6.07) is 12.4. The van der Waals surface area contributed by atoms with Crippen LogP contribution in [0.3, 0.4) is 0 Å². The first-order valence-electron chi connectivity index (χ1n) is 7.70. The molecule has 0 saturated carbocycles. The quantitative estimate of drug-likeness (QED) is 0.498. The number of nitrogens with zero attached hydrogens (tertiary/aromatic N) is 1. The predicted octanol–water partition coefficient (Wildman–Crippen LogP) is 2.62. The number of carbonyl (C=O) groups is 2. The zero-order valence-corrected chi connectivity index (χ0v) is 14.4. The monoisotopic (exact) mass is 340 g/mol. The van der Waals surface area contributed by atoms with E-state index in [0.717, 1.165) is 16.7 Å². The zero-order chi connectivity index (χ0) is 18.2. The van der Waals surface area contributed by atoms with E-state index in [4.69, 9.17) is 4.74 Å². The molecule has 1 amide bonds. The van der Waals surface area contributed by atoms with Crippen LogP contribution >= 0.6 is 0 Å². The Morgan fingerprint density at radius 2 is 1.84 bits per heavy atom. The lowest BCUT2D eigenvalue weighted by Gasteiger charge is -2.08. The molecule has 25 heavy (non-hydrogen) atoms. The third-order valence-electron chi connectivity index (χ3n) is 3.42. The molecular formula is C19H20N2O4. The van der Waals surface area contributed by atoms with Crippen LogP contribution in [0.15, 0.2) is 47.6 Å². The molecule has 0 atom stereocenters. The molecule has 2 aromatic carbocycles. The lowest BCUT2D eigenvalue weighted by Crippen LogP contribution is -2.24. The average Bonchev–Trinajstić information content (AvgIpc) is 2.61. The number of methoxy groups -OCH3 is 1. The molecule has 0 unspecified atom stereocenters. The van der Waals surface area contributed by atoms with Crippen LogP contribution in [0.25, 0.3) is 0 Å². The van der Waals surface area contributed by atoms with Crippen molar-refractivity contribution >= 4 is 18.1 Å². The number of rotatable bonds is 6. The maximum atomic E-state index is 11.8. The van der Waals surface area contributed by atoms with Crippen LogP contribution < -0.4 is 10.2 Å². The molecule has 130 valence electrons. The Hall–Kier alpha value is -3.15. The van der Waals surface area contributed by atoms with Crippen molar-refractivity contribution in [2.75, 3.05) is 13.7 Å². The molecule has 6 heteroatoms. The molecule has 0 aromatic heterocycles. The molecule has 0 aliphatic heterocycles. The van der Waals surface area contributed by atoms with Gasteiger partial charge in [0.15, 0.2) is 6.61 Å². The van der Waals surface area contributed by atoms with Crippen LogP contribution in [0, 0.1) is 13.8 Å². The highest BCUT2D eigenvalue weighted by Gasteiger charge is 2.05. The SMILES string of the molecule is COC(=O)c1ccc(/C=N\NC(=O)COc2ccc(C)cc2C)cc1. The van der Waals surface area contributed by atoms with Crippen LogP contribution in [-0.4, -0.2) is 31.8 Å². The summed E-state index contributed by atoms with van der Waals surface area (Å²) in [5.74, 6) is -0.0918. The Morgan fingerprint density at radius 3 is 2.48 bits per heavy atom. The standard InChI is InChI=1S/C19H20N2O4/c1-13-4-9-17(14(2)10-13)25-12-18(22)21-20-11-15-5-7-16(8-6-15)19(23)24-3/h4-11H,12H2,1-3H3,(H,21,22)/b20-11-. The maximum Gasteiger partial charge on any atom is 0.337 e. The smallest absolute Gasteiger partial charge is 0.337 e. The molecule has 0 radical (unpaired) electrons. The van der Waals surface area contributed by atoms with Gasteiger partial charge in [0.2, 0.25) is 0 Å². The van der Waals surface area contributed by atoms with Gasteiger partial charge in [-0.1, -0.05) is 29.8 Å². The van der Waals surface area contributed by atoms with Crippen molar-refractivity contribution < 1.29 is 19.1 Å². The topological polar surface area (TPSA) is 77.0 Å². The van der Waals surface area contributed by atoms with E-state index in [-0.39, 0.29) is 12.5 Å². The van der Waals surface area contributed by atoms with Gasteiger partial charge in [-0.3, -0.25) is 4.79 Å². The van der Waals surface area contributed by atoms with Crippen LogP contribution in [0.2, 0.25) is 0 Å². The molecule has 1 N–H and O–H groups in total. The zero-order valence-electron chi connectivity index (χ0n) is 14.4. The van der Waals surface area contributed by atoms with E-state index in [0.29, 0.717) is 11.3 Å². The summed E-state index contributed by atoms with van der Waals surface area (Å²) in [6.45, 7) is 3.80. The summed E-state index contributed by atoms with van der Waals surface area (Å²) in [4.78, 5) is 23.1. The molecule has 6 nitrogen and oxygen atoms in total. The number of aryl methyl sites for hydroxylation is 2. The number of ether oxygens (including phenoxy) is 2. The number of esters is 1. The van der Waals surface area contributed by atoms with E-state index in [2.05, 4.69) is 15.3 Å². The van der Waals surface area contributed by atoms with Crippen LogP contribution in [0.4, 0.5) is 0 Å². The summed E-state index contributed by atoms with van der Waals surface area (Å²) in [7, 11) is 1.33. The van der Waals surface area contributed by atoms with E-state index < -0.39 is 5.97 Å². The summed E-state index contributed by atoms with van der Waals surface area (Å²) >= 11 is 0. The van der Waals surface area contributed by atoms with Gasteiger partial charge in [-0.2, -0.15) is 5.10 Å². The minimum absolute atomic E-state index is 0.123. The van der Waals surface area contributed by atoms with Gasteiger partial charge in [-0.25, -0.2) is 10.2 Å². The lowest BCUT2D eigenvalue weighted by molar-refractivity contribution is -0.123. The highest BCUT2D eigenvalue weighted by molar-refractivity contribution is 5.90. The number of hydrogen-bond donors (Lipinski definition) is 1. The Balaban J connectivity index is 1.83. The van der Waals surface area contributed by atoms with E-state index in [1.807, 2.05) is 32.0 Å². The van der Waals surface area contributed by atoms with Crippen LogP contribution in [-0.2, 0) is 9.53 Å². The molecule has 0 aliphatic rings. The second-order valence-corrected chi connectivity index (χ2v) is 5.46. The molecule has 0 saturated heterocycles. The molecule has 0 fully saturated rings. The predicted molar refractivity (Wildman–Crippen MR) is 94.9 cm³/mol.